The highest BCUT2D eigenvalue weighted by Gasteiger charge is 2.34. The van der Waals surface area contributed by atoms with Gasteiger partial charge in [0.05, 0.1) is 11.0 Å². The summed E-state index contributed by atoms with van der Waals surface area (Å²) in [5.74, 6) is 2.69. The highest BCUT2D eigenvalue weighted by Crippen LogP contribution is 2.40. The van der Waals surface area contributed by atoms with Gasteiger partial charge in [-0.05, 0) is 50.3 Å². The largest absolute Gasteiger partial charge is 0.464 e. The van der Waals surface area contributed by atoms with E-state index in [2.05, 4.69) is 11.9 Å². The molecule has 0 saturated carbocycles. The number of hydrogen-bond acceptors (Lipinski definition) is 5. The zero-order chi connectivity index (χ0) is 16.6. The van der Waals surface area contributed by atoms with E-state index in [0.717, 1.165) is 36.5 Å². The van der Waals surface area contributed by atoms with Crippen LogP contribution in [0.25, 0.3) is 0 Å². The molecule has 2 unspecified atom stereocenters. The molecule has 1 aliphatic rings. The highest BCUT2D eigenvalue weighted by molar-refractivity contribution is 5.59. The quantitative estimate of drug-likeness (QED) is 0.627. The van der Waals surface area contributed by atoms with Crippen molar-refractivity contribution in [1.29, 1.82) is 0 Å². The highest BCUT2D eigenvalue weighted by atomic mass is 16.6. The van der Waals surface area contributed by atoms with Crippen molar-refractivity contribution in [2.24, 2.45) is 5.92 Å². The zero-order valence-electron chi connectivity index (χ0n) is 13.7. The van der Waals surface area contributed by atoms with Crippen LogP contribution >= 0.6 is 0 Å². The number of aromatic nitrogens is 1. The third-order valence-corrected chi connectivity index (χ3v) is 4.41. The van der Waals surface area contributed by atoms with Gasteiger partial charge in [0.2, 0.25) is 5.82 Å². The van der Waals surface area contributed by atoms with Crippen molar-refractivity contribution in [2.45, 2.75) is 39.7 Å². The fraction of sp³-hybridized carbons (Fsp3) is 0.471. The van der Waals surface area contributed by atoms with Gasteiger partial charge >= 0.3 is 5.69 Å². The topological polar surface area (TPSA) is 72.4 Å². The molecular weight excluding hydrogens is 294 g/mol. The van der Waals surface area contributed by atoms with Gasteiger partial charge in [0.1, 0.15) is 11.5 Å². The Bertz CT molecular complexity index is 726. The Morgan fingerprint density at radius 2 is 2.17 bits per heavy atom. The Morgan fingerprint density at radius 1 is 1.39 bits per heavy atom. The molecule has 1 aliphatic heterocycles. The van der Waals surface area contributed by atoms with Gasteiger partial charge in [-0.1, -0.05) is 6.92 Å². The first-order chi connectivity index (χ1) is 11.0. The molecule has 0 aromatic carbocycles. The molecule has 122 valence electrons. The van der Waals surface area contributed by atoms with Gasteiger partial charge in [-0.25, -0.2) is 4.98 Å². The summed E-state index contributed by atoms with van der Waals surface area (Å²) in [6.45, 7) is 6.67. The van der Waals surface area contributed by atoms with Crippen LogP contribution < -0.4 is 4.90 Å². The van der Waals surface area contributed by atoms with E-state index < -0.39 is 0 Å². The zero-order valence-corrected chi connectivity index (χ0v) is 13.7. The molecule has 1 fully saturated rings. The van der Waals surface area contributed by atoms with Gasteiger partial charge in [0.25, 0.3) is 0 Å². The van der Waals surface area contributed by atoms with Crippen LogP contribution in [0.2, 0.25) is 0 Å². The minimum Gasteiger partial charge on any atom is -0.464 e. The SMILES string of the molecule is Cc1cnc(N2CCC(C)CC2c2ccc(C)o2)c([N+](=O)[O-])c1. The summed E-state index contributed by atoms with van der Waals surface area (Å²) in [6, 6.07) is 5.47. The van der Waals surface area contributed by atoms with Crippen molar-refractivity contribution in [3.63, 3.8) is 0 Å². The maximum Gasteiger partial charge on any atom is 0.311 e. The minimum atomic E-state index is -0.349. The van der Waals surface area contributed by atoms with Crippen LogP contribution in [-0.2, 0) is 0 Å². The fourth-order valence-electron chi connectivity index (χ4n) is 3.20. The van der Waals surface area contributed by atoms with E-state index in [0.29, 0.717) is 11.7 Å². The molecule has 0 spiro atoms. The lowest BCUT2D eigenvalue weighted by molar-refractivity contribution is -0.384. The number of furan rings is 1. The third kappa shape index (κ3) is 3.06. The number of anilines is 1. The number of nitro groups is 1. The Labute approximate surface area is 135 Å². The molecule has 6 heteroatoms. The predicted molar refractivity (Wildman–Crippen MR) is 87.6 cm³/mol. The van der Waals surface area contributed by atoms with Crippen LogP contribution in [-0.4, -0.2) is 16.5 Å². The summed E-state index contributed by atoms with van der Waals surface area (Å²) < 4.78 is 5.81. The first-order valence-corrected chi connectivity index (χ1v) is 7.89. The second kappa shape index (κ2) is 6.02. The molecule has 0 amide bonds. The van der Waals surface area contributed by atoms with E-state index in [9.17, 15) is 10.1 Å². The molecule has 0 bridgehead atoms. The molecule has 3 rings (SSSR count). The number of rotatable bonds is 3. The number of piperidine rings is 1. The van der Waals surface area contributed by atoms with Crippen LogP contribution in [0.5, 0.6) is 0 Å². The van der Waals surface area contributed by atoms with Crippen LogP contribution in [0.4, 0.5) is 11.5 Å². The lowest BCUT2D eigenvalue weighted by Gasteiger charge is -2.37. The number of pyridine rings is 1. The second-order valence-corrected chi connectivity index (χ2v) is 6.40. The van der Waals surface area contributed by atoms with Crippen molar-refractivity contribution in [1.82, 2.24) is 4.98 Å². The van der Waals surface area contributed by atoms with Crippen molar-refractivity contribution in [2.75, 3.05) is 11.4 Å². The normalized spacial score (nSPS) is 21.4. The summed E-state index contributed by atoms with van der Waals surface area (Å²) >= 11 is 0. The third-order valence-electron chi connectivity index (χ3n) is 4.41. The van der Waals surface area contributed by atoms with E-state index in [1.165, 1.54) is 0 Å². The Morgan fingerprint density at radius 3 is 2.83 bits per heavy atom. The number of hydrogen-bond donors (Lipinski definition) is 0. The Kier molecular flexibility index (Phi) is 4.07. The summed E-state index contributed by atoms with van der Waals surface area (Å²) in [7, 11) is 0. The van der Waals surface area contributed by atoms with Crippen LogP contribution in [0.3, 0.4) is 0 Å². The molecule has 0 aliphatic carbocycles. The van der Waals surface area contributed by atoms with Crippen molar-refractivity contribution in [3.05, 3.63) is 51.6 Å². The lowest BCUT2D eigenvalue weighted by Crippen LogP contribution is -2.37. The van der Waals surface area contributed by atoms with Crippen LogP contribution in [0.15, 0.2) is 28.8 Å². The molecule has 6 nitrogen and oxygen atoms in total. The van der Waals surface area contributed by atoms with Gasteiger partial charge in [-0.15, -0.1) is 0 Å². The molecule has 2 aromatic heterocycles. The smallest absolute Gasteiger partial charge is 0.311 e. The van der Waals surface area contributed by atoms with E-state index in [1.54, 1.807) is 12.3 Å². The fourth-order valence-corrected chi connectivity index (χ4v) is 3.20. The standard InChI is InChI=1S/C17H21N3O3/c1-11-6-7-19(14(8-11)16-5-4-13(3)23-16)17-15(20(21)22)9-12(2)10-18-17/h4-5,9-11,14H,6-8H2,1-3H3. The van der Waals surface area contributed by atoms with Gasteiger partial charge in [0.15, 0.2) is 0 Å². The monoisotopic (exact) mass is 315 g/mol. The molecule has 2 atom stereocenters. The van der Waals surface area contributed by atoms with Crippen molar-refractivity contribution < 1.29 is 9.34 Å². The number of nitrogens with zero attached hydrogens (tertiary/aromatic N) is 3. The molecule has 0 N–H and O–H groups in total. The summed E-state index contributed by atoms with van der Waals surface area (Å²) in [5.41, 5.74) is 0.851. The van der Waals surface area contributed by atoms with E-state index in [4.69, 9.17) is 4.42 Å². The molecular formula is C17H21N3O3. The average molecular weight is 315 g/mol. The molecule has 23 heavy (non-hydrogen) atoms. The average Bonchev–Trinajstić information content (AvgIpc) is 2.94. The van der Waals surface area contributed by atoms with Crippen molar-refractivity contribution in [3.8, 4) is 0 Å². The van der Waals surface area contributed by atoms with Gasteiger partial charge in [-0.2, -0.15) is 0 Å². The maximum absolute atomic E-state index is 11.4. The lowest BCUT2D eigenvalue weighted by atomic mass is 9.91. The Balaban J connectivity index is 2.04. The van der Waals surface area contributed by atoms with Gasteiger partial charge in [0, 0.05) is 18.8 Å². The van der Waals surface area contributed by atoms with E-state index >= 15 is 0 Å². The van der Waals surface area contributed by atoms with Crippen molar-refractivity contribution >= 4 is 11.5 Å². The molecule has 0 radical (unpaired) electrons. The summed E-state index contributed by atoms with van der Waals surface area (Å²) in [4.78, 5) is 17.5. The van der Waals surface area contributed by atoms with Gasteiger partial charge in [-0.3, -0.25) is 10.1 Å². The number of aryl methyl sites for hydroxylation is 2. The summed E-state index contributed by atoms with van der Waals surface area (Å²) in [6.07, 6.45) is 3.58. The van der Waals surface area contributed by atoms with Crippen LogP contribution in [0, 0.1) is 29.9 Å². The minimum absolute atomic E-state index is 0.0126. The first kappa shape index (κ1) is 15.5. The molecule has 3 heterocycles. The second-order valence-electron chi connectivity index (χ2n) is 6.40. The predicted octanol–water partition coefficient (Wildman–Crippen LogP) is 4.18. The summed E-state index contributed by atoms with van der Waals surface area (Å²) in [5, 5.41) is 11.4. The maximum atomic E-state index is 11.4. The van der Waals surface area contributed by atoms with Crippen LogP contribution in [0.1, 0.15) is 42.9 Å². The van der Waals surface area contributed by atoms with E-state index in [1.807, 2.05) is 30.9 Å². The molecule has 1 saturated heterocycles. The van der Waals surface area contributed by atoms with E-state index in [-0.39, 0.29) is 16.7 Å². The molecule has 2 aromatic rings. The van der Waals surface area contributed by atoms with Gasteiger partial charge < -0.3 is 9.32 Å². The first-order valence-electron chi connectivity index (χ1n) is 7.89. The Hall–Kier alpha value is -2.37.